The van der Waals surface area contributed by atoms with Crippen molar-refractivity contribution < 1.29 is 14.3 Å². The van der Waals surface area contributed by atoms with Gasteiger partial charge in [0.2, 0.25) is 5.76 Å². The second-order valence-electron chi connectivity index (χ2n) is 5.47. The molecule has 23 heavy (non-hydrogen) atoms. The number of furan rings is 1. The fraction of sp³-hybridized carbons (Fsp3) is 0.294. The molecule has 1 fully saturated rings. The first-order chi connectivity index (χ1) is 11.2. The molecule has 1 aliphatic rings. The van der Waals surface area contributed by atoms with Gasteiger partial charge in [-0.1, -0.05) is 12.1 Å². The predicted molar refractivity (Wildman–Crippen MR) is 85.3 cm³/mol. The van der Waals surface area contributed by atoms with Crippen LogP contribution < -0.4 is 10.2 Å². The summed E-state index contributed by atoms with van der Waals surface area (Å²) in [5, 5.41) is 21.2. The average Bonchev–Trinajstić information content (AvgIpc) is 3.05. The first kappa shape index (κ1) is 15.1. The third kappa shape index (κ3) is 3.35. The summed E-state index contributed by atoms with van der Waals surface area (Å²) in [6.45, 7) is 1.49. The van der Waals surface area contributed by atoms with Crippen molar-refractivity contribution in [2.45, 2.75) is 18.9 Å². The zero-order valence-electron chi connectivity index (χ0n) is 12.5. The summed E-state index contributed by atoms with van der Waals surface area (Å²) >= 11 is 0. The lowest BCUT2D eigenvalue weighted by Gasteiger charge is -2.32. The number of rotatable bonds is 3. The molecule has 0 aliphatic carbocycles. The number of aliphatic hydroxyl groups excluding tert-OH is 1. The van der Waals surface area contributed by atoms with E-state index >= 15 is 0 Å². The van der Waals surface area contributed by atoms with Crippen LogP contribution in [0.2, 0.25) is 0 Å². The second-order valence-corrected chi connectivity index (χ2v) is 5.47. The normalized spacial score (nSPS) is 15.2. The Hall–Kier alpha value is -2.78. The number of piperidine rings is 1. The van der Waals surface area contributed by atoms with Crippen molar-refractivity contribution >= 4 is 17.3 Å². The summed E-state index contributed by atoms with van der Waals surface area (Å²) in [5.41, 5.74) is 1.60. The van der Waals surface area contributed by atoms with Crippen LogP contribution in [0.1, 0.15) is 29.2 Å². The number of nitriles is 1. The number of anilines is 2. The zero-order chi connectivity index (χ0) is 16.2. The van der Waals surface area contributed by atoms with Gasteiger partial charge in [0.05, 0.1) is 17.5 Å². The van der Waals surface area contributed by atoms with E-state index in [1.54, 1.807) is 0 Å². The van der Waals surface area contributed by atoms with Crippen LogP contribution in [0.4, 0.5) is 11.4 Å². The number of amides is 1. The van der Waals surface area contributed by atoms with Gasteiger partial charge in [-0.3, -0.25) is 4.79 Å². The minimum atomic E-state index is -0.393. The molecule has 1 aromatic carbocycles. The number of hydrogen-bond donors (Lipinski definition) is 2. The Morgan fingerprint density at radius 2 is 2.00 bits per heavy atom. The summed E-state index contributed by atoms with van der Waals surface area (Å²) in [7, 11) is 0. The Balaban J connectivity index is 1.78. The summed E-state index contributed by atoms with van der Waals surface area (Å²) < 4.78 is 5.15. The Morgan fingerprint density at radius 1 is 1.26 bits per heavy atom. The highest BCUT2D eigenvalue weighted by Crippen LogP contribution is 2.28. The van der Waals surface area contributed by atoms with E-state index in [2.05, 4.69) is 10.2 Å². The molecule has 2 N–H and O–H groups in total. The highest BCUT2D eigenvalue weighted by atomic mass is 16.3. The number of nitrogens with zero attached hydrogens (tertiary/aromatic N) is 2. The number of para-hydroxylation sites is 2. The molecule has 0 radical (unpaired) electrons. The molecular weight excluding hydrogens is 294 g/mol. The van der Waals surface area contributed by atoms with Gasteiger partial charge in [-0.25, -0.2) is 0 Å². The minimum absolute atomic E-state index is 0.102. The molecule has 6 heteroatoms. The lowest BCUT2D eigenvalue weighted by Crippen LogP contribution is -2.36. The number of carbonyl (C=O) groups is 1. The smallest absolute Gasteiger partial charge is 0.291 e. The SMILES string of the molecule is N#Cc1ccc(C(=O)Nc2ccccc2N2CCC(O)CC2)o1. The lowest BCUT2D eigenvalue weighted by atomic mass is 10.1. The molecule has 1 saturated heterocycles. The number of aliphatic hydroxyl groups is 1. The predicted octanol–water partition coefficient (Wildman–Crippen LogP) is 2.36. The molecule has 6 nitrogen and oxygen atoms in total. The maximum absolute atomic E-state index is 12.3. The average molecular weight is 311 g/mol. The zero-order valence-corrected chi connectivity index (χ0v) is 12.5. The molecular formula is C17H17N3O3. The van der Waals surface area contributed by atoms with E-state index in [4.69, 9.17) is 9.68 Å². The minimum Gasteiger partial charge on any atom is -0.440 e. The molecule has 2 aromatic rings. The second kappa shape index (κ2) is 6.55. The molecule has 0 bridgehead atoms. The van der Waals surface area contributed by atoms with E-state index in [9.17, 15) is 9.90 Å². The monoisotopic (exact) mass is 311 g/mol. The first-order valence-electron chi connectivity index (χ1n) is 7.50. The Morgan fingerprint density at radius 3 is 2.70 bits per heavy atom. The molecule has 118 valence electrons. The van der Waals surface area contributed by atoms with E-state index in [0.717, 1.165) is 18.8 Å². The van der Waals surface area contributed by atoms with Gasteiger partial charge in [0.25, 0.3) is 5.91 Å². The fourth-order valence-corrected chi connectivity index (χ4v) is 2.67. The highest BCUT2D eigenvalue weighted by molar-refractivity contribution is 6.04. The number of carbonyl (C=O) groups excluding carboxylic acids is 1. The third-order valence-corrected chi connectivity index (χ3v) is 3.90. The van der Waals surface area contributed by atoms with Crippen molar-refractivity contribution in [1.82, 2.24) is 0 Å². The number of hydrogen-bond acceptors (Lipinski definition) is 5. The van der Waals surface area contributed by atoms with Crippen LogP contribution in [0, 0.1) is 11.3 Å². The molecule has 1 amide bonds. The van der Waals surface area contributed by atoms with Gasteiger partial charge in [-0.2, -0.15) is 5.26 Å². The fourth-order valence-electron chi connectivity index (χ4n) is 2.67. The molecule has 0 spiro atoms. The van der Waals surface area contributed by atoms with Crippen molar-refractivity contribution in [3.05, 3.63) is 47.9 Å². The maximum atomic E-state index is 12.3. The standard InChI is InChI=1S/C17H17N3O3/c18-11-13-5-6-16(23-13)17(22)19-14-3-1-2-4-15(14)20-9-7-12(21)8-10-20/h1-6,12,21H,7-10H2,(H,19,22). The van der Waals surface area contributed by atoms with Crippen molar-refractivity contribution in [3.63, 3.8) is 0 Å². The van der Waals surface area contributed by atoms with Gasteiger partial charge in [0.15, 0.2) is 5.76 Å². The van der Waals surface area contributed by atoms with Crippen LogP contribution in [0.15, 0.2) is 40.8 Å². The van der Waals surface area contributed by atoms with E-state index in [0.29, 0.717) is 18.5 Å². The molecule has 0 atom stereocenters. The van der Waals surface area contributed by atoms with Crippen LogP contribution in [-0.4, -0.2) is 30.2 Å². The number of nitrogens with one attached hydrogen (secondary N) is 1. The molecule has 2 heterocycles. The van der Waals surface area contributed by atoms with Crippen LogP contribution >= 0.6 is 0 Å². The molecule has 1 aliphatic heterocycles. The maximum Gasteiger partial charge on any atom is 0.291 e. The van der Waals surface area contributed by atoms with Gasteiger partial charge in [0, 0.05) is 13.1 Å². The Bertz CT molecular complexity index is 740. The van der Waals surface area contributed by atoms with Crippen molar-refractivity contribution in [1.29, 1.82) is 5.26 Å². The van der Waals surface area contributed by atoms with Crippen molar-refractivity contribution in [3.8, 4) is 6.07 Å². The summed E-state index contributed by atoms with van der Waals surface area (Å²) in [4.78, 5) is 14.4. The van der Waals surface area contributed by atoms with Gasteiger partial charge < -0.3 is 19.7 Å². The first-order valence-corrected chi connectivity index (χ1v) is 7.50. The molecule has 0 saturated carbocycles. The lowest BCUT2D eigenvalue weighted by molar-refractivity contribution is 0.0996. The van der Waals surface area contributed by atoms with Crippen LogP contribution in [0.3, 0.4) is 0 Å². The molecule has 3 rings (SSSR count). The van der Waals surface area contributed by atoms with Gasteiger partial charge >= 0.3 is 0 Å². The summed E-state index contributed by atoms with van der Waals surface area (Å²) in [6, 6.07) is 12.3. The van der Waals surface area contributed by atoms with E-state index in [1.807, 2.05) is 30.3 Å². The molecule has 1 aromatic heterocycles. The van der Waals surface area contributed by atoms with E-state index < -0.39 is 5.91 Å². The van der Waals surface area contributed by atoms with Crippen molar-refractivity contribution in [2.75, 3.05) is 23.3 Å². The highest BCUT2D eigenvalue weighted by Gasteiger charge is 2.20. The Labute approximate surface area is 133 Å². The van der Waals surface area contributed by atoms with Crippen LogP contribution in [0.5, 0.6) is 0 Å². The number of benzene rings is 1. The summed E-state index contributed by atoms with van der Waals surface area (Å²) in [6.07, 6.45) is 1.18. The quantitative estimate of drug-likeness (QED) is 0.908. The van der Waals surface area contributed by atoms with E-state index in [1.165, 1.54) is 12.1 Å². The van der Waals surface area contributed by atoms with Gasteiger partial charge in [0.1, 0.15) is 6.07 Å². The van der Waals surface area contributed by atoms with Gasteiger partial charge in [-0.15, -0.1) is 0 Å². The largest absolute Gasteiger partial charge is 0.440 e. The molecule has 0 unspecified atom stereocenters. The third-order valence-electron chi connectivity index (χ3n) is 3.90. The Kier molecular flexibility index (Phi) is 4.31. The summed E-state index contributed by atoms with van der Waals surface area (Å²) in [5.74, 6) is -0.185. The van der Waals surface area contributed by atoms with Crippen LogP contribution in [-0.2, 0) is 0 Å². The van der Waals surface area contributed by atoms with Crippen LogP contribution in [0.25, 0.3) is 0 Å². The topological polar surface area (TPSA) is 89.5 Å². The van der Waals surface area contributed by atoms with Gasteiger partial charge in [-0.05, 0) is 37.1 Å². The van der Waals surface area contributed by atoms with E-state index in [-0.39, 0.29) is 17.6 Å². The van der Waals surface area contributed by atoms with Crippen molar-refractivity contribution in [2.24, 2.45) is 0 Å².